The summed E-state index contributed by atoms with van der Waals surface area (Å²) < 4.78 is 0. The molecule has 0 aliphatic heterocycles. The highest BCUT2D eigenvalue weighted by Crippen LogP contribution is 2.57. The van der Waals surface area contributed by atoms with Gasteiger partial charge in [0.15, 0.2) is 0 Å². The van der Waals surface area contributed by atoms with Crippen LogP contribution in [0.2, 0.25) is 0 Å². The first-order valence-corrected chi connectivity index (χ1v) is 8.37. The maximum atomic E-state index is 9.53. The minimum Gasteiger partial charge on any atom is -0.545 e. The van der Waals surface area contributed by atoms with Gasteiger partial charge in [0.1, 0.15) is 0 Å². The lowest BCUT2D eigenvalue weighted by Gasteiger charge is -2.20. The molecule has 0 aromatic heterocycles. The van der Waals surface area contributed by atoms with Gasteiger partial charge in [-0.05, 0) is 33.8 Å². The smallest absolute Gasteiger partial charge is 0.328 e. The zero-order valence-corrected chi connectivity index (χ0v) is 12.0. The molecule has 0 aliphatic rings. The number of carbonyl (C=O) groups excluding carboxylic acids is 1. The van der Waals surface area contributed by atoms with Crippen molar-refractivity contribution < 1.29 is 19.8 Å². The van der Waals surface area contributed by atoms with Crippen molar-refractivity contribution >= 4 is 19.2 Å². The van der Waals surface area contributed by atoms with Crippen molar-refractivity contribution in [3.05, 3.63) is 12.2 Å². The zero-order chi connectivity index (χ0) is 13.9. The third kappa shape index (κ3) is 10.0. The summed E-state index contributed by atoms with van der Waals surface area (Å²) in [4.78, 5) is 19.0. The summed E-state index contributed by atoms with van der Waals surface area (Å²) in [6.45, 7) is 9.41. The van der Waals surface area contributed by atoms with Crippen molar-refractivity contribution in [3.8, 4) is 0 Å². The van der Waals surface area contributed by atoms with Crippen LogP contribution in [0, 0.1) is 0 Å². The first kappa shape index (κ1) is 18.5. The van der Waals surface area contributed by atoms with Crippen LogP contribution < -0.4 is 5.11 Å². The van der Waals surface area contributed by atoms with Crippen LogP contribution in [0.15, 0.2) is 12.2 Å². The Kier molecular flexibility index (Phi) is 11.2. The maximum Gasteiger partial charge on any atom is 0.328 e. The first-order chi connectivity index (χ1) is 7.87. The largest absolute Gasteiger partial charge is 0.545 e. The predicted octanol–water partition coefficient (Wildman–Crippen LogP) is 1.46. The number of carbonyl (C=O) groups is 2. The Morgan fingerprint density at radius 2 is 1.35 bits per heavy atom. The monoisotopic (exact) mass is 262 g/mol. The van der Waals surface area contributed by atoms with Crippen LogP contribution in [-0.2, 0) is 9.59 Å². The van der Waals surface area contributed by atoms with E-state index < -0.39 is 19.2 Å². The minimum atomic E-state index is -1.51. The van der Waals surface area contributed by atoms with Crippen LogP contribution >= 0.6 is 7.26 Å². The molecule has 100 valence electrons. The van der Waals surface area contributed by atoms with E-state index in [2.05, 4.69) is 27.7 Å². The molecule has 0 fully saturated rings. The summed E-state index contributed by atoms with van der Waals surface area (Å²) in [6.07, 6.45) is 6.76. The van der Waals surface area contributed by atoms with E-state index in [1.807, 2.05) is 0 Å². The first-order valence-electron chi connectivity index (χ1n) is 5.84. The van der Waals surface area contributed by atoms with Crippen molar-refractivity contribution in [2.24, 2.45) is 0 Å². The van der Waals surface area contributed by atoms with Gasteiger partial charge in [0.05, 0.1) is 30.6 Å². The minimum absolute atomic E-state index is 0.420. The second-order valence-corrected chi connectivity index (χ2v) is 8.81. The Labute approximate surface area is 104 Å². The van der Waals surface area contributed by atoms with Gasteiger partial charge in [0.2, 0.25) is 0 Å². The fourth-order valence-corrected chi connectivity index (χ4v) is 4.16. The molecule has 0 rings (SSSR count). The van der Waals surface area contributed by atoms with E-state index in [0.29, 0.717) is 12.2 Å². The van der Waals surface area contributed by atoms with Crippen molar-refractivity contribution in [1.82, 2.24) is 0 Å². The van der Waals surface area contributed by atoms with Gasteiger partial charge in [0, 0.05) is 13.3 Å². The molecule has 5 heteroatoms. The van der Waals surface area contributed by atoms with Crippen molar-refractivity contribution in [3.63, 3.8) is 0 Å². The summed E-state index contributed by atoms with van der Waals surface area (Å²) >= 11 is 0. The molecule has 0 spiro atoms. The van der Waals surface area contributed by atoms with Crippen LogP contribution in [0.4, 0.5) is 0 Å². The molecule has 0 bridgehead atoms. The van der Waals surface area contributed by atoms with Gasteiger partial charge >= 0.3 is 5.97 Å². The predicted molar refractivity (Wildman–Crippen MR) is 70.9 cm³/mol. The number of carboxylic acid groups (broad SMARTS) is 2. The molecule has 0 unspecified atom stereocenters. The maximum absolute atomic E-state index is 9.53. The van der Waals surface area contributed by atoms with Gasteiger partial charge in [-0.25, -0.2) is 4.79 Å². The molecule has 1 N–H and O–H groups in total. The Balaban J connectivity index is 0. The summed E-state index contributed by atoms with van der Waals surface area (Å²) in [7, 11) is -0.420. The van der Waals surface area contributed by atoms with Crippen molar-refractivity contribution in [2.75, 3.05) is 24.6 Å². The van der Waals surface area contributed by atoms with Crippen LogP contribution in [0.5, 0.6) is 0 Å². The molecule has 0 aromatic carbocycles. The molecule has 0 atom stereocenters. The Hall–Kier alpha value is -0.890. The fourth-order valence-electron chi connectivity index (χ4n) is 1.48. The van der Waals surface area contributed by atoms with Crippen LogP contribution in [-0.4, -0.2) is 41.7 Å². The van der Waals surface area contributed by atoms with Gasteiger partial charge in [0.25, 0.3) is 0 Å². The van der Waals surface area contributed by atoms with Crippen LogP contribution in [0.3, 0.4) is 0 Å². The molecule has 0 radical (unpaired) electrons. The molecule has 0 amide bonds. The molecule has 17 heavy (non-hydrogen) atoms. The van der Waals surface area contributed by atoms with E-state index in [1.54, 1.807) is 0 Å². The number of carboxylic acids is 2. The molecule has 0 aliphatic carbocycles. The number of aliphatic carboxylic acids is 2. The van der Waals surface area contributed by atoms with Gasteiger partial charge < -0.3 is 15.0 Å². The van der Waals surface area contributed by atoms with E-state index in [0.717, 1.165) is 0 Å². The van der Waals surface area contributed by atoms with Crippen LogP contribution in [0.1, 0.15) is 27.7 Å². The van der Waals surface area contributed by atoms with Gasteiger partial charge in [-0.1, -0.05) is 0 Å². The van der Waals surface area contributed by atoms with Gasteiger partial charge in [-0.3, -0.25) is 0 Å². The lowest BCUT2D eigenvalue weighted by Crippen LogP contribution is -2.19. The van der Waals surface area contributed by atoms with E-state index in [1.165, 1.54) is 24.6 Å². The molecule has 0 heterocycles. The Bertz CT molecular complexity index is 224. The molecule has 0 saturated carbocycles. The summed E-state index contributed by atoms with van der Waals surface area (Å²) in [5.41, 5.74) is 0. The lowest BCUT2D eigenvalue weighted by molar-refractivity contribution is -0.297. The fraction of sp³-hybridized carbons (Fsp3) is 0.667. The van der Waals surface area contributed by atoms with E-state index in [-0.39, 0.29) is 0 Å². The van der Waals surface area contributed by atoms with Gasteiger partial charge in [-0.2, -0.15) is 0 Å². The molecule has 4 nitrogen and oxygen atoms in total. The molecular formula is C12H23O4P. The highest BCUT2D eigenvalue weighted by Gasteiger charge is 2.27. The van der Waals surface area contributed by atoms with Crippen molar-refractivity contribution in [1.29, 1.82) is 0 Å². The zero-order valence-electron chi connectivity index (χ0n) is 11.1. The second-order valence-electron chi connectivity index (χ2n) is 3.60. The van der Waals surface area contributed by atoms with E-state index >= 15 is 0 Å². The number of rotatable bonds is 6. The quantitative estimate of drug-likeness (QED) is 0.580. The summed E-state index contributed by atoms with van der Waals surface area (Å²) in [5.74, 6) is -2.80. The lowest BCUT2D eigenvalue weighted by atomic mass is 10.5. The molecule has 0 aromatic rings. The van der Waals surface area contributed by atoms with Crippen molar-refractivity contribution in [2.45, 2.75) is 27.7 Å². The number of hydrogen-bond acceptors (Lipinski definition) is 3. The normalized spacial score (nSPS) is 10.8. The summed E-state index contributed by atoms with van der Waals surface area (Å²) in [5, 5.41) is 17.2. The van der Waals surface area contributed by atoms with Crippen LogP contribution in [0.25, 0.3) is 0 Å². The highest BCUT2D eigenvalue weighted by molar-refractivity contribution is 7.75. The van der Waals surface area contributed by atoms with Gasteiger partial charge in [-0.15, -0.1) is 0 Å². The second kappa shape index (κ2) is 10.3. The third-order valence-electron chi connectivity index (χ3n) is 3.05. The average Bonchev–Trinajstić information content (AvgIpc) is 2.31. The topological polar surface area (TPSA) is 77.4 Å². The molecule has 0 saturated heterocycles. The SMILES string of the molecule is CC[P+](CC)(CC)CC.O=C([O-])/C=C\C(=O)O. The Morgan fingerprint density at radius 3 is 1.41 bits per heavy atom. The third-order valence-corrected chi connectivity index (χ3v) is 8.41. The average molecular weight is 262 g/mol. The Morgan fingerprint density at radius 1 is 1.00 bits per heavy atom. The highest BCUT2D eigenvalue weighted by atomic mass is 31.2. The molecular weight excluding hydrogens is 239 g/mol. The number of hydrogen-bond donors (Lipinski definition) is 1. The summed E-state index contributed by atoms with van der Waals surface area (Å²) in [6, 6.07) is 0. The van der Waals surface area contributed by atoms with E-state index in [4.69, 9.17) is 5.11 Å². The van der Waals surface area contributed by atoms with E-state index in [9.17, 15) is 14.7 Å². The standard InChI is InChI=1S/C8H20P.C4H4O4/c1-5-9(6-2,7-3)8-4;5-3(6)1-2-4(7)8/h5-8H2,1-4H3;1-2H,(H,5,6)(H,7,8)/q+1;/p-1/b;2-1-.